The third-order valence-electron chi connectivity index (χ3n) is 3.54. The molecule has 0 aliphatic carbocycles. The van der Waals surface area contributed by atoms with Crippen LogP contribution in [0.25, 0.3) is 0 Å². The summed E-state index contributed by atoms with van der Waals surface area (Å²) in [5.41, 5.74) is -0.610. The van der Waals surface area contributed by atoms with E-state index < -0.39 is 24.9 Å². The summed E-state index contributed by atoms with van der Waals surface area (Å²) < 4.78 is 13.0. The van der Waals surface area contributed by atoms with Crippen LogP contribution >= 0.6 is 7.37 Å². The maximum atomic E-state index is 13.0. The Morgan fingerprint density at radius 1 is 1.17 bits per heavy atom. The van der Waals surface area contributed by atoms with Crippen LogP contribution in [0.5, 0.6) is 0 Å². The Labute approximate surface area is 134 Å². The molecule has 2 rings (SSSR count). The number of allylic oxidation sites excluding steroid dienone is 2. The first kappa shape index (κ1) is 17.1. The lowest BCUT2D eigenvalue weighted by Gasteiger charge is -2.26. The van der Waals surface area contributed by atoms with Crippen LogP contribution in [0.2, 0.25) is 0 Å². The monoisotopic (exact) mass is 331 g/mol. The van der Waals surface area contributed by atoms with Crippen molar-refractivity contribution in [3.05, 3.63) is 72.4 Å². The number of rotatable bonds is 6. The van der Waals surface area contributed by atoms with Crippen LogP contribution in [0.4, 0.5) is 0 Å². The smallest absolute Gasteiger partial charge is 0.312 e. The minimum absolute atomic E-state index is 0.00489. The molecule has 0 fully saturated rings. The summed E-state index contributed by atoms with van der Waals surface area (Å²) in [7, 11) is -4.03. The maximum Gasteiger partial charge on any atom is 0.312 e. The predicted molar refractivity (Wildman–Crippen MR) is 89.1 cm³/mol. The SMILES string of the molecule is CC=CC(C(C(=O)O)c1ccccc1)P(=O)(O)c1ccccn1. The van der Waals surface area contributed by atoms with Crippen molar-refractivity contribution in [3.63, 3.8) is 0 Å². The number of benzene rings is 1. The molecule has 5 nitrogen and oxygen atoms in total. The van der Waals surface area contributed by atoms with Crippen molar-refractivity contribution in [2.24, 2.45) is 0 Å². The topological polar surface area (TPSA) is 87.5 Å². The summed E-state index contributed by atoms with van der Waals surface area (Å²) in [6.45, 7) is 1.69. The Kier molecular flexibility index (Phi) is 5.48. The standard InChI is InChI=1S/C17H18NO4P/c1-2-8-14(23(21,22)15-11-6-7-12-18-15)16(17(19)20)13-9-4-3-5-10-13/h2-12,14,16H,1H3,(H,19,20)(H,21,22). The Bertz CT molecular complexity index is 731. The molecular formula is C17H18NO4P. The highest BCUT2D eigenvalue weighted by molar-refractivity contribution is 7.66. The summed E-state index contributed by atoms with van der Waals surface area (Å²) in [6.07, 6.45) is 4.49. The van der Waals surface area contributed by atoms with Crippen LogP contribution in [0.1, 0.15) is 18.4 Å². The molecule has 1 aromatic carbocycles. The molecule has 6 heteroatoms. The van der Waals surface area contributed by atoms with Gasteiger partial charge in [0.1, 0.15) is 5.44 Å². The summed E-state index contributed by atoms with van der Waals surface area (Å²) in [5.74, 6) is -2.28. The highest BCUT2D eigenvalue weighted by Gasteiger charge is 2.42. The van der Waals surface area contributed by atoms with Crippen molar-refractivity contribution in [1.82, 2.24) is 4.98 Å². The molecule has 120 valence electrons. The van der Waals surface area contributed by atoms with Crippen LogP contribution in [0.3, 0.4) is 0 Å². The number of aromatic nitrogens is 1. The number of carboxylic acids is 1. The van der Waals surface area contributed by atoms with Crippen molar-refractivity contribution in [3.8, 4) is 0 Å². The van der Waals surface area contributed by atoms with E-state index in [2.05, 4.69) is 4.98 Å². The number of pyridine rings is 1. The lowest BCUT2D eigenvalue weighted by molar-refractivity contribution is -0.138. The molecule has 1 heterocycles. The van der Waals surface area contributed by atoms with Crippen LogP contribution in [-0.2, 0) is 9.36 Å². The fraction of sp³-hybridized carbons (Fsp3) is 0.176. The Hall–Kier alpha value is -2.23. The zero-order valence-corrected chi connectivity index (χ0v) is 13.5. The fourth-order valence-electron chi connectivity index (χ4n) is 2.47. The highest BCUT2D eigenvalue weighted by atomic mass is 31.2. The fourth-order valence-corrected chi connectivity index (χ4v) is 4.42. The maximum absolute atomic E-state index is 13.0. The quantitative estimate of drug-likeness (QED) is 0.628. The molecule has 1 aromatic heterocycles. The van der Waals surface area contributed by atoms with Crippen LogP contribution in [-0.4, -0.2) is 26.6 Å². The number of carboxylic acid groups (broad SMARTS) is 1. The van der Waals surface area contributed by atoms with Crippen molar-refractivity contribution in [1.29, 1.82) is 0 Å². The van der Waals surface area contributed by atoms with Gasteiger partial charge in [0.15, 0.2) is 0 Å². The minimum atomic E-state index is -4.03. The van der Waals surface area contributed by atoms with E-state index in [1.807, 2.05) is 0 Å². The van der Waals surface area contributed by atoms with Gasteiger partial charge in [-0.1, -0.05) is 48.6 Å². The zero-order valence-electron chi connectivity index (χ0n) is 12.6. The first-order valence-corrected chi connectivity index (χ1v) is 8.86. The second kappa shape index (κ2) is 7.36. The highest BCUT2D eigenvalue weighted by Crippen LogP contribution is 2.51. The molecule has 23 heavy (non-hydrogen) atoms. The van der Waals surface area contributed by atoms with Gasteiger partial charge in [0.2, 0.25) is 0 Å². The van der Waals surface area contributed by atoms with E-state index in [1.54, 1.807) is 55.5 Å². The minimum Gasteiger partial charge on any atom is -0.481 e. The third-order valence-corrected chi connectivity index (χ3v) is 5.74. The van der Waals surface area contributed by atoms with Gasteiger partial charge >= 0.3 is 5.97 Å². The van der Waals surface area contributed by atoms with E-state index >= 15 is 0 Å². The van der Waals surface area contributed by atoms with E-state index in [-0.39, 0.29) is 5.44 Å². The van der Waals surface area contributed by atoms with Gasteiger partial charge in [-0.25, -0.2) is 0 Å². The van der Waals surface area contributed by atoms with Crippen molar-refractivity contribution in [2.45, 2.75) is 18.5 Å². The van der Waals surface area contributed by atoms with Gasteiger partial charge in [0, 0.05) is 6.20 Å². The molecule has 0 radical (unpaired) electrons. The molecule has 0 aliphatic rings. The summed E-state index contributed by atoms with van der Waals surface area (Å²) in [5, 5.41) is 9.65. The summed E-state index contributed by atoms with van der Waals surface area (Å²) in [6, 6.07) is 13.2. The number of hydrogen-bond donors (Lipinski definition) is 2. The Morgan fingerprint density at radius 3 is 2.35 bits per heavy atom. The summed E-state index contributed by atoms with van der Waals surface area (Å²) in [4.78, 5) is 26.4. The molecule has 0 aliphatic heterocycles. The van der Waals surface area contributed by atoms with E-state index in [1.165, 1.54) is 18.3 Å². The largest absolute Gasteiger partial charge is 0.481 e. The Balaban J connectivity index is 2.56. The van der Waals surface area contributed by atoms with Gasteiger partial charge < -0.3 is 10.00 Å². The summed E-state index contributed by atoms with van der Waals surface area (Å²) >= 11 is 0. The number of nitrogens with zero attached hydrogens (tertiary/aromatic N) is 1. The van der Waals surface area contributed by atoms with Crippen molar-refractivity contribution in [2.75, 3.05) is 0 Å². The lowest BCUT2D eigenvalue weighted by Crippen LogP contribution is -2.29. The lowest BCUT2D eigenvalue weighted by atomic mass is 9.95. The van der Waals surface area contributed by atoms with Crippen LogP contribution in [0, 0.1) is 0 Å². The van der Waals surface area contributed by atoms with E-state index in [0.29, 0.717) is 5.56 Å². The first-order chi connectivity index (χ1) is 11.0. The third kappa shape index (κ3) is 3.76. The second-order valence-corrected chi connectivity index (χ2v) is 7.35. The molecule has 3 unspecified atom stereocenters. The predicted octanol–water partition coefficient (Wildman–Crippen LogP) is 2.79. The molecule has 0 saturated carbocycles. The van der Waals surface area contributed by atoms with Crippen molar-refractivity contribution >= 4 is 18.8 Å². The molecule has 0 amide bonds. The normalized spacial score (nSPS) is 16.6. The number of carbonyl (C=O) groups is 1. The van der Waals surface area contributed by atoms with Crippen LogP contribution in [0.15, 0.2) is 66.9 Å². The van der Waals surface area contributed by atoms with E-state index in [9.17, 15) is 19.4 Å². The van der Waals surface area contributed by atoms with Gasteiger partial charge in [-0.3, -0.25) is 14.3 Å². The molecule has 0 spiro atoms. The number of aliphatic carboxylic acids is 1. The van der Waals surface area contributed by atoms with Crippen molar-refractivity contribution < 1.29 is 19.4 Å². The van der Waals surface area contributed by atoms with Gasteiger partial charge in [-0.15, -0.1) is 0 Å². The zero-order chi connectivity index (χ0) is 16.9. The first-order valence-electron chi connectivity index (χ1n) is 7.13. The average Bonchev–Trinajstić information content (AvgIpc) is 2.56. The molecule has 0 saturated heterocycles. The van der Waals surface area contributed by atoms with E-state index in [0.717, 1.165) is 0 Å². The molecule has 3 atom stereocenters. The second-order valence-electron chi connectivity index (χ2n) is 5.05. The number of hydrogen-bond acceptors (Lipinski definition) is 3. The van der Waals surface area contributed by atoms with Gasteiger partial charge in [-0.2, -0.15) is 0 Å². The molecule has 2 aromatic rings. The molecular weight excluding hydrogens is 313 g/mol. The van der Waals surface area contributed by atoms with Gasteiger partial charge in [0.05, 0.1) is 11.6 Å². The van der Waals surface area contributed by atoms with Gasteiger partial charge in [0.25, 0.3) is 7.37 Å². The molecule has 0 bridgehead atoms. The molecule has 2 N–H and O–H groups in total. The van der Waals surface area contributed by atoms with Gasteiger partial charge in [-0.05, 0) is 24.6 Å². The average molecular weight is 331 g/mol. The Morgan fingerprint density at radius 2 is 1.83 bits per heavy atom. The van der Waals surface area contributed by atoms with E-state index in [4.69, 9.17) is 0 Å². The van der Waals surface area contributed by atoms with Crippen LogP contribution < -0.4 is 5.44 Å².